The van der Waals surface area contributed by atoms with Gasteiger partial charge in [0, 0.05) is 18.7 Å². The van der Waals surface area contributed by atoms with E-state index in [9.17, 15) is 4.79 Å². The molecule has 0 unspecified atom stereocenters. The van der Waals surface area contributed by atoms with Crippen LogP contribution in [0.25, 0.3) is 0 Å². The van der Waals surface area contributed by atoms with Crippen molar-refractivity contribution in [3.63, 3.8) is 0 Å². The highest BCUT2D eigenvalue weighted by Gasteiger charge is 2.32. The summed E-state index contributed by atoms with van der Waals surface area (Å²) in [7, 11) is 0. The molecular weight excluding hydrogens is 204 g/mol. The highest BCUT2D eigenvalue weighted by Crippen LogP contribution is 2.17. The van der Waals surface area contributed by atoms with E-state index in [0.29, 0.717) is 12.2 Å². The first-order valence-corrected chi connectivity index (χ1v) is 5.32. The number of amides is 1. The van der Waals surface area contributed by atoms with Gasteiger partial charge in [0.1, 0.15) is 0 Å². The van der Waals surface area contributed by atoms with Crippen molar-refractivity contribution in [2.75, 3.05) is 13.1 Å². The summed E-state index contributed by atoms with van der Waals surface area (Å²) in [5.41, 5.74) is 6.70. The molecule has 1 aromatic carbocycles. The highest BCUT2D eigenvalue weighted by atomic mass is 16.5. The second-order valence-corrected chi connectivity index (χ2v) is 4.40. The van der Waals surface area contributed by atoms with Crippen LogP contribution in [-0.4, -0.2) is 24.6 Å². The van der Waals surface area contributed by atoms with E-state index in [4.69, 9.17) is 10.5 Å². The average Bonchev–Trinajstić information content (AvgIpc) is 2.24. The Morgan fingerprint density at radius 3 is 2.50 bits per heavy atom. The van der Waals surface area contributed by atoms with E-state index in [2.05, 4.69) is 12.2 Å². The Balaban J connectivity index is 1.92. The molecule has 3 N–H and O–H groups in total. The number of primary amides is 1. The molecule has 1 fully saturated rings. The standard InChI is InChI=1S/C12H16N2O2/c1-12(7-14-8-12)16-6-9-2-4-10(5-3-9)11(13)15/h2-5,14H,6-8H2,1H3,(H2,13,15). The minimum atomic E-state index is -0.400. The van der Waals surface area contributed by atoms with Gasteiger partial charge in [-0.1, -0.05) is 12.1 Å². The lowest BCUT2D eigenvalue weighted by Gasteiger charge is -2.39. The van der Waals surface area contributed by atoms with Crippen molar-refractivity contribution in [2.45, 2.75) is 19.1 Å². The van der Waals surface area contributed by atoms with Gasteiger partial charge in [-0.05, 0) is 24.6 Å². The second-order valence-electron chi connectivity index (χ2n) is 4.40. The largest absolute Gasteiger partial charge is 0.368 e. The summed E-state index contributed by atoms with van der Waals surface area (Å²) in [6, 6.07) is 7.19. The molecule has 0 spiro atoms. The monoisotopic (exact) mass is 220 g/mol. The summed E-state index contributed by atoms with van der Waals surface area (Å²) in [5.74, 6) is -0.400. The minimum absolute atomic E-state index is 0.0393. The smallest absolute Gasteiger partial charge is 0.248 e. The molecule has 1 heterocycles. The molecule has 2 rings (SSSR count). The summed E-state index contributed by atoms with van der Waals surface area (Å²) in [6.07, 6.45) is 0. The lowest BCUT2D eigenvalue weighted by atomic mass is 10.00. The van der Waals surface area contributed by atoms with Gasteiger partial charge in [0.05, 0.1) is 12.2 Å². The van der Waals surface area contributed by atoms with Crippen molar-refractivity contribution in [3.8, 4) is 0 Å². The highest BCUT2D eigenvalue weighted by molar-refractivity contribution is 5.92. The molecule has 4 nitrogen and oxygen atoms in total. The van der Waals surface area contributed by atoms with Gasteiger partial charge in [-0.15, -0.1) is 0 Å². The molecule has 86 valence electrons. The van der Waals surface area contributed by atoms with E-state index < -0.39 is 5.91 Å². The number of ether oxygens (including phenoxy) is 1. The third-order valence-electron chi connectivity index (χ3n) is 2.82. The average molecular weight is 220 g/mol. The predicted octanol–water partition coefficient (Wildman–Crippen LogP) is 0.664. The van der Waals surface area contributed by atoms with Crippen LogP contribution in [-0.2, 0) is 11.3 Å². The maximum absolute atomic E-state index is 10.9. The number of rotatable bonds is 4. The van der Waals surface area contributed by atoms with Crippen LogP contribution in [0.15, 0.2) is 24.3 Å². The van der Waals surface area contributed by atoms with Gasteiger partial charge in [0.15, 0.2) is 0 Å². The van der Waals surface area contributed by atoms with Crippen molar-refractivity contribution in [1.29, 1.82) is 0 Å². The Morgan fingerprint density at radius 1 is 1.44 bits per heavy atom. The fraction of sp³-hybridized carbons (Fsp3) is 0.417. The summed E-state index contributed by atoms with van der Waals surface area (Å²) in [4.78, 5) is 10.9. The maximum Gasteiger partial charge on any atom is 0.248 e. The van der Waals surface area contributed by atoms with Gasteiger partial charge >= 0.3 is 0 Å². The van der Waals surface area contributed by atoms with Gasteiger partial charge < -0.3 is 15.8 Å². The molecule has 0 radical (unpaired) electrons. The number of carbonyl (C=O) groups is 1. The predicted molar refractivity (Wildman–Crippen MR) is 61.0 cm³/mol. The molecule has 1 aliphatic heterocycles. The first-order valence-electron chi connectivity index (χ1n) is 5.32. The lowest BCUT2D eigenvalue weighted by molar-refractivity contribution is -0.0767. The Hall–Kier alpha value is -1.39. The zero-order valence-corrected chi connectivity index (χ0v) is 9.32. The van der Waals surface area contributed by atoms with Gasteiger partial charge in [0.25, 0.3) is 0 Å². The van der Waals surface area contributed by atoms with Gasteiger partial charge in [0.2, 0.25) is 5.91 Å². The molecule has 0 bridgehead atoms. The van der Waals surface area contributed by atoms with Crippen molar-refractivity contribution in [2.24, 2.45) is 5.73 Å². The number of nitrogens with one attached hydrogen (secondary N) is 1. The molecule has 0 aromatic heterocycles. The van der Waals surface area contributed by atoms with Crippen molar-refractivity contribution < 1.29 is 9.53 Å². The molecule has 1 saturated heterocycles. The number of carbonyl (C=O) groups excluding carboxylic acids is 1. The Labute approximate surface area is 94.8 Å². The van der Waals surface area contributed by atoms with Crippen LogP contribution in [0.3, 0.4) is 0 Å². The molecule has 1 aliphatic rings. The third-order valence-corrected chi connectivity index (χ3v) is 2.82. The van der Waals surface area contributed by atoms with E-state index in [1.54, 1.807) is 12.1 Å². The molecule has 4 heteroatoms. The van der Waals surface area contributed by atoms with Crippen LogP contribution in [0.5, 0.6) is 0 Å². The van der Waals surface area contributed by atoms with Crippen LogP contribution >= 0.6 is 0 Å². The van der Waals surface area contributed by atoms with Gasteiger partial charge in [-0.2, -0.15) is 0 Å². The molecule has 16 heavy (non-hydrogen) atoms. The Morgan fingerprint density at radius 2 is 2.06 bits per heavy atom. The van der Waals surface area contributed by atoms with Crippen LogP contribution in [0.2, 0.25) is 0 Å². The summed E-state index contributed by atoms with van der Waals surface area (Å²) in [5, 5.41) is 3.18. The van der Waals surface area contributed by atoms with Crippen molar-refractivity contribution in [1.82, 2.24) is 5.32 Å². The van der Waals surface area contributed by atoms with Crippen molar-refractivity contribution >= 4 is 5.91 Å². The fourth-order valence-electron chi connectivity index (χ4n) is 1.60. The van der Waals surface area contributed by atoms with E-state index in [0.717, 1.165) is 18.7 Å². The molecule has 1 amide bonds. The Bertz CT molecular complexity index is 383. The van der Waals surface area contributed by atoms with Crippen LogP contribution in [0.4, 0.5) is 0 Å². The van der Waals surface area contributed by atoms with Crippen LogP contribution in [0.1, 0.15) is 22.8 Å². The summed E-state index contributed by atoms with van der Waals surface area (Å²) >= 11 is 0. The summed E-state index contributed by atoms with van der Waals surface area (Å²) in [6.45, 7) is 4.44. The first kappa shape index (κ1) is 11.1. The minimum Gasteiger partial charge on any atom is -0.368 e. The molecular formula is C12H16N2O2. The topological polar surface area (TPSA) is 64.3 Å². The van der Waals surface area contributed by atoms with E-state index in [1.807, 2.05) is 12.1 Å². The molecule has 0 atom stereocenters. The maximum atomic E-state index is 10.9. The SMILES string of the molecule is CC1(OCc2ccc(C(N)=O)cc2)CNC1. The van der Waals surface area contributed by atoms with E-state index in [1.165, 1.54) is 0 Å². The number of nitrogens with two attached hydrogens (primary N) is 1. The normalized spacial score (nSPS) is 17.8. The van der Waals surface area contributed by atoms with E-state index in [-0.39, 0.29) is 5.60 Å². The van der Waals surface area contributed by atoms with Crippen LogP contribution in [0, 0.1) is 0 Å². The van der Waals surface area contributed by atoms with Crippen molar-refractivity contribution in [3.05, 3.63) is 35.4 Å². The molecule has 0 saturated carbocycles. The number of hydrogen-bond donors (Lipinski definition) is 2. The van der Waals surface area contributed by atoms with E-state index >= 15 is 0 Å². The zero-order valence-electron chi connectivity index (χ0n) is 9.32. The number of hydrogen-bond acceptors (Lipinski definition) is 3. The third kappa shape index (κ3) is 2.40. The molecule has 0 aliphatic carbocycles. The fourth-order valence-corrected chi connectivity index (χ4v) is 1.60. The zero-order chi connectivity index (χ0) is 11.6. The molecule has 1 aromatic rings. The summed E-state index contributed by atoms with van der Waals surface area (Å²) < 4.78 is 5.77. The second kappa shape index (κ2) is 4.23. The van der Waals surface area contributed by atoms with Gasteiger partial charge in [-0.25, -0.2) is 0 Å². The van der Waals surface area contributed by atoms with Gasteiger partial charge in [-0.3, -0.25) is 4.79 Å². The lowest BCUT2D eigenvalue weighted by Crippen LogP contribution is -2.58. The first-order chi connectivity index (χ1) is 7.59. The Kier molecular flexibility index (Phi) is 2.94. The van der Waals surface area contributed by atoms with Crippen LogP contribution < -0.4 is 11.1 Å². The quantitative estimate of drug-likeness (QED) is 0.783. The number of benzene rings is 1.